The molecule has 1 aromatic heterocycles. The molecule has 27 heavy (non-hydrogen) atoms. The maximum Gasteiger partial charge on any atom is 0.260 e. The molecule has 1 aliphatic heterocycles. The van der Waals surface area contributed by atoms with Gasteiger partial charge in [0.25, 0.3) is 11.8 Å². The molecule has 2 amide bonds. The number of likely N-dealkylation sites (tertiary alicyclic amines) is 1. The molecule has 6 heteroatoms. The molecule has 140 valence electrons. The molecule has 1 N–H and O–H groups in total. The Bertz CT molecular complexity index is 840. The van der Waals surface area contributed by atoms with E-state index < -0.39 is 0 Å². The van der Waals surface area contributed by atoms with Gasteiger partial charge in [-0.2, -0.15) is 0 Å². The topological polar surface area (TPSA) is 71.5 Å². The van der Waals surface area contributed by atoms with E-state index in [4.69, 9.17) is 4.74 Å². The highest BCUT2D eigenvalue weighted by molar-refractivity contribution is 5.94. The smallest absolute Gasteiger partial charge is 0.260 e. The molecular formula is C21H23N3O3. The van der Waals surface area contributed by atoms with E-state index in [1.54, 1.807) is 24.5 Å². The summed E-state index contributed by atoms with van der Waals surface area (Å²) in [6, 6.07) is 11.2. The number of nitrogens with one attached hydrogen (secondary N) is 1. The number of rotatable bonds is 5. The Kier molecular flexibility index (Phi) is 4.79. The van der Waals surface area contributed by atoms with Crippen molar-refractivity contribution in [3.8, 4) is 5.75 Å². The molecule has 3 atom stereocenters. The fourth-order valence-electron chi connectivity index (χ4n) is 4.16. The van der Waals surface area contributed by atoms with Crippen LogP contribution in [0.5, 0.6) is 5.75 Å². The van der Waals surface area contributed by atoms with Crippen LogP contribution in [0.25, 0.3) is 0 Å². The highest BCUT2D eigenvalue weighted by Gasteiger charge is 2.47. The van der Waals surface area contributed by atoms with Crippen LogP contribution in [0.2, 0.25) is 0 Å². The van der Waals surface area contributed by atoms with Crippen LogP contribution in [0.4, 0.5) is 0 Å². The largest absolute Gasteiger partial charge is 0.484 e. The molecule has 0 radical (unpaired) electrons. The summed E-state index contributed by atoms with van der Waals surface area (Å²) in [4.78, 5) is 31.0. The van der Waals surface area contributed by atoms with Crippen molar-refractivity contribution >= 4 is 11.8 Å². The summed E-state index contributed by atoms with van der Waals surface area (Å²) < 4.78 is 5.72. The highest BCUT2D eigenvalue weighted by atomic mass is 16.5. The van der Waals surface area contributed by atoms with Crippen LogP contribution in [0.15, 0.2) is 48.8 Å². The third kappa shape index (κ3) is 3.65. The van der Waals surface area contributed by atoms with E-state index in [1.165, 1.54) is 0 Å². The molecule has 4 rings (SSSR count). The number of fused-ring (bicyclic) bond motifs is 2. The van der Waals surface area contributed by atoms with Crippen molar-refractivity contribution in [2.45, 2.75) is 31.8 Å². The van der Waals surface area contributed by atoms with Gasteiger partial charge >= 0.3 is 0 Å². The number of benzene rings is 1. The van der Waals surface area contributed by atoms with Gasteiger partial charge in [0, 0.05) is 25.0 Å². The molecule has 1 aromatic carbocycles. The van der Waals surface area contributed by atoms with E-state index in [-0.39, 0.29) is 30.5 Å². The Morgan fingerprint density at radius 2 is 2.07 bits per heavy atom. The summed E-state index contributed by atoms with van der Waals surface area (Å²) in [5, 5.41) is 3.08. The van der Waals surface area contributed by atoms with Crippen LogP contribution in [-0.2, 0) is 4.79 Å². The van der Waals surface area contributed by atoms with Crippen LogP contribution in [-0.4, -0.2) is 46.9 Å². The van der Waals surface area contributed by atoms with Crippen molar-refractivity contribution in [1.82, 2.24) is 15.2 Å². The lowest BCUT2D eigenvalue weighted by molar-refractivity contribution is -0.135. The molecule has 0 spiro atoms. The second-order valence-electron chi connectivity index (χ2n) is 7.33. The van der Waals surface area contributed by atoms with Gasteiger partial charge in [0.05, 0.1) is 11.6 Å². The molecular weight excluding hydrogens is 342 g/mol. The van der Waals surface area contributed by atoms with E-state index >= 15 is 0 Å². The second kappa shape index (κ2) is 7.39. The molecule has 1 saturated heterocycles. The zero-order valence-corrected chi connectivity index (χ0v) is 15.3. The predicted molar refractivity (Wildman–Crippen MR) is 100 cm³/mol. The average Bonchev–Trinajstić information content (AvgIpc) is 3.28. The number of aromatic nitrogens is 1. The molecule has 2 aliphatic rings. The lowest BCUT2D eigenvalue weighted by Gasteiger charge is -2.33. The van der Waals surface area contributed by atoms with Gasteiger partial charge in [-0.25, -0.2) is 0 Å². The summed E-state index contributed by atoms with van der Waals surface area (Å²) in [5.41, 5.74) is 1.55. The van der Waals surface area contributed by atoms with Gasteiger partial charge in [-0.15, -0.1) is 0 Å². The Hall–Kier alpha value is -2.89. The molecule has 1 saturated carbocycles. The molecule has 2 bridgehead atoms. The normalized spacial score (nSPS) is 23.3. The number of hydrogen-bond donors (Lipinski definition) is 1. The van der Waals surface area contributed by atoms with E-state index in [0.717, 1.165) is 30.7 Å². The molecule has 6 nitrogen and oxygen atoms in total. The van der Waals surface area contributed by atoms with Crippen LogP contribution >= 0.6 is 0 Å². The molecule has 2 aromatic rings. The van der Waals surface area contributed by atoms with Crippen LogP contribution < -0.4 is 10.1 Å². The predicted octanol–water partition coefficient (Wildman–Crippen LogP) is 2.19. The van der Waals surface area contributed by atoms with Crippen molar-refractivity contribution in [3.05, 3.63) is 59.9 Å². The number of pyridine rings is 1. The fraction of sp³-hybridized carbons (Fsp3) is 0.381. The number of amides is 2. The van der Waals surface area contributed by atoms with Crippen molar-refractivity contribution < 1.29 is 14.3 Å². The molecule has 2 heterocycles. The van der Waals surface area contributed by atoms with Gasteiger partial charge in [0.2, 0.25) is 0 Å². The first kappa shape index (κ1) is 17.5. The van der Waals surface area contributed by atoms with Gasteiger partial charge < -0.3 is 15.0 Å². The van der Waals surface area contributed by atoms with E-state index in [2.05, 4.69) is 10.3 Å². The van der Waals surface area contributed by atoms with Crippen molar-refractivity contribution in [3.63, 3.8) is 0 Å². The summed E-state index contributed by atoms with van der Waals surface area (Å²) in [6.07, 6.45) is 5.05. The lowest BCUT2D eigenvalue weighted by Crippen LogP contribution is -2.52. The maximum absolute atomic E-state index is 12.7. The number of carbonyl (C=O) groups excluding carboxylic acids is 2. The van der Waals surface area contributed by atoms with Gasteiger partial charge in [0.1, 0.15) is 5.75 Å². The molecule has 2 fully saturated rings. The SMILES string of the molecule is Cc1ccccc1OCC(=O)N1CC2CC(NC(=O)c3cccnc3)C1C2. The first-order chi connectivity index (χ1) is 13.1. The Morgan fingerprint density at radius 3 is 2.81 bits per heavy atom. The monoisotopic (exact) mass is 365 g/mol. The summed E-state index contributed by atoms with van der Waals surface area (Å²) in [6.45, 7) is 2.73. The number of para-hydroxylation sites is 1. The zero-order chi connectivity index (χ0) is 18.8. The quantitative estimate of drug-likeness (QED) is 0.882. The number of ether oxygens (including phenoxy) is 1. The Labute approximate surface area is 158 Å². The van der Waals surface area contributed by atoms with Gasteiger partial charge in [-0.05, 0) is 49.4 Å². The second-order valence-corrected chi connectivity index (χ2v) is 7.33. The van der Waals surface area contributed by atoms with Crippen molar-refractivity contribution in [1.29, 1.82) is 0 Å². The minimum atomic E-state index is -0.135. The van der Waals surface area contributed by atoms with Gasteiger partial charge in [-0.1, -0.05) is 18.2 Å². The van der Waals surface area contributed by atoms with Gasteiger partial charge in [0.15, 0.2) is 6.61 Å². The molecule has 1 aliphatic carbocycles. The third-order valence-corrected chi connectivity index (χ3v) is 5.49. The summed E-state index contributed by atoms with van der Waals surface area (Å²) >= 11 is 0. The van der Waals surface area contributed by atoms with Crippen molar-refractivity contribution in [2.24, 2.45) is 5.92 Å². The fourth-order valence-corrected chi connectivity index (χ4v) is 4.16. The van der Waals surface area contributed by atoms with E-state index in [1.807, 2.05) is 36.1 Å². The van der Waals surface area contributed by atoms with E-state index in [0.29, 0.717) is 11.5 Å². The summed E-state index contributed by atoms with van der Waals surface area (Å²) in [7, 11) is 0. The number of carbonyl (C=O) groups is 2. The summed E-state index contributed by atoms with van der Waals surface area (Å²) in [5.74, 6) is 1.02. The zero-order valence-electron chi connectivity index (χ0n) is 15.3. The Balaban J connectivity index is 1.37. The molecule has 3 unspecified atom stereocenters. The third-order valence-electron chi connectivity index (χ3n) is 5.49. The number of piperidine rings is 1. The standard InChI is InChI=1S/C21H23N3O3/c1-14-5-2-3-7-19(14)27-13-20(25)24-12-15-9-17(18(24)10-15)23-21(26)16-6-4-8-22-11-16/h2-8,11,15,17-18H,9-10,12-13H2,1H3,(H,23,26). The average molecular weight is 365 g/mol. The highest BCUT2D eigenvalue weighted by Crippen LogP contribution is 2.38. The Morgan fingerprint density at radius 1 is 1.22 bits per heavy atom. The number of aryl methyl sites for hydroxylation is 1. The van der Waals surface area contributed by atoms with Crippen molar-refractivity contribution in [2.75, 3.05) is 13.2 Å². The first-order valence-corrected chi connectivity index (χ1v) is 9.30. The number of nitrogens with zero attached hydrogens (tertiary/aromatic N) is 2. The van der Waals surface area contributed by atoms with Crippen LogP contribution in [0.1, 0.15) is 28.8 Å². The minimum absolute atomic E-state index is 0.0149. The first-order valence-electron chi connectivity index (χ1n) is 9.30. The van der Waals surface area contributed by atoms with Crippen LogP contribution in [0, 0.1) is 12.8 Å². The lowest BCUT2D eigenvalue weighted by atomic mass is 10.0. The number of hydrogen-bond acceptors (Lipinski definition) is 4. The minimum Gasteiger partial charge on any atom is -0.484 e. The van der Waals surface area contributed by atoms with Crippen LogP contribution in [0.3, 0.4) is 0 Å². The maximum atomic E-state index is 12.7. The van der Waals surface area contributed by atoms with E-state index in [9.17, 15) is 9.59 Å². The van der Waals surface area contributed by atoms with Gasteiger partial charge in [-0.3, -0.25) is 14.6 Å².